The fourth-order valence-corrected chi connectivity index (χ4v) is 1.83. The lowest BCUT2D eigenvalue weighted by Crippen LogP contribution is -2.28. The Labute approximate surface area is 110 Å². The summed E-state index contributed by atoms with van der Waals surface area (Å²) in [6, 6.07) is 2.96. The van der Waals surface area contributed by atoms with Gasteiger partial charge in [-0.2, -0.15) is 21.6 Å². The van der Waals surface area contributed by atoms with E-state index >= 15 is 0 Å². The number of rotatable bonds is 4. The van der Waals surface area contributed by atoms with Crippen LogP contribution in [-0.4, -0.2) is 25.0 Å². The first-order chi connectivity index (χ1) is 8.53. The van der Waals surface area contributed by atoms with E-state index in [9.17, 15) is 26.4 Å². The highest BCUT2D eigenvalue weighted by Crippen LogP contribution is 2.31. The molecule has 5 nitrogen and oxygen atoms in total. The van der Waals surface area contributed by atoms with Crippen molar-refractivity contribution in [2.24, 2.45) is 0 Å². The van der Waals surface area contributed by atoms with Gasteiger partial charge in [0, 0.05) is 0 Å². The molecule has 0 aliphatic rings. The molecule has 0 heterocycles. The molecule has 1 aromatic rings. The van der Waals surface area contributed by atoms with Gasteiger partial charge in [-0.1, -0.05) is 17.7 Å². The molecule has 19 heavy (non-hydrogen) atoms. The van der Waals surface area contributed by atoms with Gasteiger partial charge in [-0.15, -0.1) is 0 Å². The van der Waals surface area contributed by atoms with Gasteiger partial charge in [0.25, 0.3) is 0 Å². The average Bonchev–Trinajstić information content (AvgIpc) is 2.19. The van der Waals surface area contributed by atoms with Gasteiger partial charge in [0.15, 0.2) is 5.75 Å². The lowest BCUT2D eigenvalue weighted by atomic mass is 10.1. The molecule has 0 radical (unpaired) electrons. The summed E-state index contributed by atoms with van der Waals surface area (Å²) in [5.41, 5.74) is -5.38. The predicted octanol–water partition coefficient (Wildman–Crippen LogP) is 2.20. The van der Waals surface area contributed by atoms with Crippen LogP contribution < -0.4 is 4.18 Å². The zero-order valence-electron chi connectivity index (χ0n) is 8.94. The molecule has 1 aromatic carbocycles. The molecule has 0 atom stereocenters. The summed E-state index contributed by atoms with van der Waals surface area (Å²) in [6.07, 6.45) is -0.411. The fourth-order valence-electron chi connectivity index (χ4n) is 1.06. The van der Waals surface area contributed by atoms with E-state index in [0.717, 1.165) is 18.2 Å². The van der Waals surface area contributed by atoms with Gasteiger partial charge in [-0.3, -0.25) is 4.79 Å². The highest BCUT2D eigenvalue weighted by atomic mass is 35.5. The van der Waals surface area contributed by atoms with Gasteiger partial charge in [0.1, 0.15) is 0 Å². The number of benzene rings is 1. The van der Waals surface area contributed by atoms with Crippen LogP contribution in [0.2, 0.25) is 5.02 Å². The number of hydrogen-bond acceptors (Lipinski definition) is 4. The van der Waals surface area contributed by atoms with Crippen LogP contribution in [0.3, 0.4) is 0 Å². The van der Waals surface area contributed by atoms with Crippen molar-refractivity contribution in [3.8, 4) is 5.75 Å². The van der Waals surface area contributed by atoms with Crippen molar-refractivity contribution < 1.29 is 35.7 Å². The summed E-state index contributed by atoms with van der Waals surface area (Å²) in [5.74, 6) is -1.90. The molecule has 1 rings (SSSR count). The van der Waals surface area contributed by atoms with E-state index in [-0.39, 0.29) is 5.56 Å². The monoisotopic (exact) mass is 318 g/mol. The van der Waals surface area contributed by atoms with Gasteiger partial charge in [-0.05, 0) is 17.7 Å². The van der Waals surface area contributed by atoms with E-state index in [1.54, 1.807) is 0 Å². The molecule has 0 unspecified atom stereocenters. The number of carboxylic acid groups (broad SMARTS) is 1. The molecule has 0 amide bonds. The van der Waals surface area contributed by atoms with Crippen LogP contribution >= 0.6 is 11.6 Å². The normalized spacial score (nSPS) is 12.2. The molecule has 106 valence electrons. The van der Waals surface area contributed by atoms with Crippen molar-refractivity contribution in [3.63, 3.8) is 0 Å². The molecule has 0 aliphatic carbocycles. The van der Waals surface area contributed by atoms with Gasteiger partial charge < -0.3 is 9.29 Å². The zero-order valence-corrected chi connectivity index (χ0v) is 10.5. The minimum absolute atomic E-state index is 0.189. The highest BCUT2D eigenvalue weighted by Gasteiger charge is 2.48. The van der Waals surface area contributed by atoms with Crippen molar-refractivity contribution in [3.05, 3.63) is 28.8 Å². The van der Waals surface area contributed by atoms with Crippen molar-refractivity contribution >= 4 is 27.7 Å². The second-order valence-electron chi connectivity index (χ2n) is 3.32. The third-order valence-electron chi connectivity index (χ3n) is 1.83. The molecular weight excluding hydrogens is 313 g/mol. The van der Waals surface area contributed by atoms with E-state index in [2.05, 4.69) is 4.18 Å². The Morgan fingerprint density at radius 1 is 1.37 bits per heavy atom. The summed E-state index contributed by atoms with van der Waals surface area (Å²) in [6.45, 7) is 0. The van der Waals surface area contributed by atoms with E-state index in [0.29, 0.717) is 0 Å². The minimum atomic E-state index is -5.81. The third-order valence-corrected chi connectivity index (χ3v) is 3.10. The Morgan fingerprint density at radius 2 is 1.95 bits per heavy atom. The third kappa shape index (κ3) is 4.00. The summed E-state index contributed by atoms with van der Waals surface area (Å²) in [7, 11) is -5.81. The smallest absolute Gasteiger partial charge is 0.481 e. The van der Waals surface area contributed by atoms with E-state index in [1.807, 2.05) is 0 Å². The maximum atomic E-state index is 12.1. The summed E-state index contributed by atoms with van der Waals surface area (Å²) in [4.78, 5) is 10.4. The lowest BCUT2D eigenvalue weighted by Gasteiger charge is -2.11. The molecule has 0 aliphatic heterocycles. The zero-order chi connectivity index (χ0) is 14.8. The quantitative estimate of drug-likeness (QED) is 0.680. The van der Waals surface area contributed by atoms with E-state index in [4.69, 9.17) is 16.7 Å². The van der Waals surface area contributed by atoms with Crippen molar-refractivity contribution in [1.82, 2.24) is 0 Å². The molecule has 0 fully saturated rings. The molecule has 1 N–H and O–H groups in total. The van der Waals surface area contributed by atoms with Gasteiger partial charge >= 0.3 is 21.6 Å². The average molecular weight is 319 g/mol. The first kappa shape index (κ1) is 15.6. The molecular formula is C9H6ClF3O5S. The van der Waals surface area contributed by atoms with Gasteiger partial charge in [0.2, 0.25) is 0 Å². The van der Waals surface area contributed by atoms with E-state index < -0.39 is 38.8 Å². The van der Waals surface area contributed by atoms with Crippen LogP contribution in [0.4, 0.5) is 13.2 Å². The van der Waals surface area contributed by atoms with Crippen molar-refractivity contribution in [2.45, 2.75) is 11.9 Å². The number of carbonyl (C=O) groups is 1. The number of halogens is 4. The Hall–Kier alpha value is -1.48. The van der Waals surface area contributed by atoms with Crippen LogP contribution in [-0.2, 0) is 21.3 Å². The summed E-state index contributed by atoms with van der Waals surface area (Å²) < 4.78 is 61.5. The van der Waals surface area contributed by atoms with Crippen LogP contribution in [0.25, 0.3) is 0 Å². The number of hydrogen-bond donors (Lipinski definition) is 1. The SMILES string of the molecule is O=C(O)Cc1ccc(OS(=O)(=O)C(F)(F)F)c(Cl)c1. The second kappa shape index (κ2) is 5.25. The standard InChI is InChI=1S/C9H6ClF3O5S/c10-6-3-5(4-8(14)15)1-2-7(6)18-19(16,17)9(11,12)13/h1-3H,4H2,(H,14,15). The fraction of sp³-hybridized carbons (Fsp3) is 0.222. The Bertz CT molecular complexity index is 596. The Balaban J connectivity index is 3.02. The summed E-state index contributed by atoms with van der Waals surface area (Å²) in [5, 5.41) is 8.06. The molecule has 0 aromatic heterocycles. The molecule has 10 heteroatoms. The van der Waals surface area contributed by atoms with E-state index in [1.165, 1.54) is 0 Å². The van der Waals surface area contributed by atoms with Crippen LogP contribution in [0.5, 0.6) is 5.75 Å². The minimum Gasteiger partial charge on any atom is -0.481 e. The second-order valence-corrected chi connectivity index (χ2v) is 5.26. The largest absolute Gasteiger partial charge is 0.534 e. The van der Waals surface area contributed by atoms with Crippen molar-refractivity contribution in [2.75, 3.05) is 0 Å². The molecule has 0 bridgehead atoms. The summed E-state index contributed by atoms with van der Waals surface area (Å²) >= 11 is 5.52. The topological polar surface area (TPSA) is 80.7 Å². The molecule has 0 spiro atoms. The van der Waals surface area contributed by atoms with Crippen LogP contribution in [0.15, 0.2) is 18.2 Å². The maximum absolute atomic E-state index is 12.1. The number of aliphatic carboxylic acids is 1. The Kier molecular flexibility index (Phi) is 4.31. The highest BCUT2D eigenvalue weighted by molar-refractivity contribution is 7.88. The number of alkyl halides is 3. The van der Waals surface area contributed by atoms with Gasteiger partial charge in [-0.25, -0.2) is 0 Å². The number of carboxylic acids is 1. The Morgan fingerprint density at radius 3 is 2.37 bits per heavy atom. The van der Waals surface area contributed by atoms with Crippen LogP contribution in [0.1, 0.15) is 5.56 Å². The van der Waals surface area contributed by atoms with Gasteiger partial charge in [0.05, 0.1) is 11.4 Å². The first-order valence-corrected chi connectivity index (χ1v) is 6.32. The van der Waals surface area contributed by atoms with Crippen LogP contribution in [0, 0.1) is 0 Å². The van der Waals surface area contributed by atoms with Crippen molar-refractivity contribution in [1.29, 1.82) is 0 Å². The molecule has 0 saturated heterocycles. The first-order valence-electron chi connectivity index (χ1n) is 4.54. The molecule has 0 saturated carbocycles. The lowest BCUT2D eigenvalue weighted by molar-refractivity contribution is -0.136. The maximum Gasteiger partial charge on any atom is 0.534 e. The predicted molar refractivity (Wildman–Crippen MR) is 58.4 cm³/mol.